The fourth-order valence-corrected chi connectivity index (χ4v) is 3.09. The molecule has 1 unspecified atom stereocenters. The minimum Gasteiger partial charge on any atom is -0.303 e. The van der Waals surface area contributed by atoms with Gasteiger partial charge in [-0.2, -0.15) is 11.8 Å². The molecular formula is C9H16OS. The molecule has 0 aliphatic carbocycles. The van der Waals surface area contributed by atoms with Crippen molar-refractivity contribution in [2.24, 2.45) is 5.92 Å². The summed E-state index contributed by atoms with van der Waals surface area (Å²) in [6.45, 7) is 4.58. The summed E-state index contributed by atoms with van der Waals surface area (Å²) in [6.07, 6.45) is 4.17. The average molecular weight is 172 g/mol. The number of rotatable bonds is 3. The quantitative estimate of drug-likeness (QED) is 0.608. The Morgan fingerprint density at radius 2 is 2.36 bits per heavy atom. The molecule has 0 amide bonds. The molecule has 0 aromatic rings. The van der Waals surface area contributed by atoms with E-state index >= 15 is 0 Å². The van der Waals surface area contributed by atoms with Gasteiger partial charge in [0, 0.05) is 11.2 Å². The highest BCUT2D eigenvalue weighted by Gasteiger charge is 2.34. The number of hydrogen-bond acceptors (Lipinski definition) is 2. The Labute approximate surface area is 72.9 Å². The van der Waals surface area contributed by atoms with Crippen LogP contribution in [0.3, 0.4) is 0 Å². The molecule has 1 fully saturated rings. The van der Waals surface area contributed by atoms with Gasteiger partial charge in [-0.15, -0.1) is 0 Å². The van der Waals surface area contributed by atoms with Crippen LogP contribution in [0.15, 0.2) is 0 Å². The molecule has 1 rings (SSSR count). The summed E-state index contributed by atoms with van der Waals surface area (Å²) < 4.78 is 0.420. The molecule has 11 heavy (non-hydrogen) atoms. The normalized spacial score (nSPS) is 28.7. The summed E-state index contributed by atoms with van der Waals surface area (Å²) in [6, 6.07) is 0. The fourth-order valence-electron chi connectivity index (χ4n) is 1.69. The SMILES string of the molecule is CC1(C)SCCC1CCC=O. The van der Waals surface area contributed by atoms with E-state index in [0.717, 1.165) is 25.0 Å². The lowest BCUT2D eigenvalue weighted by atomic mass is 9.89. The maximum Gasteiger partial charge on any atom is 0.120 e. The van der Waals surface area contributed by atoms with Crippen LogP contribution in [-0.4, -0.2) is 16.8 Å². The monoisotopic (exact) mass is 172 g/mol. The molecule has 1 saturated heterocycles. The standard InChI is InChI=1S/C9H16OS/c1-9(2)8(4-3-6-10)5-7-11-9/h6,8H,3-5,7H2,1-2H3. The molecule has 1 aliphatic heterocycles. The minimum absolute atomic E-state index is 0.420. The maximum atomic E-state index is 10.2. The first-order chi connectivity index (χ1) is 5.17. The first-order valence-corrected chi connectivity index (χ1v) is 5.23. The van der Waals surface area contributed by atoms with Crippen molar-refractivity contribution in [3.63, 3.8) is 0 Å². The van der Waals surface area contributed by atoms with E-state index in [1.54, 1.807) is 0 Å². The molecule has 1 aliphatic rings. The minimum atomic E-state index is 0.420. The molecule has 0 spiro atoms. The van der Waals surface area contributed by atoms with Crippen LogP contribution in [0, 0.1) is 5.92 Å². The maximum absolute atomic E-state index is 10.2. The van der Waals surface area contributed by atoms with Crippen LogP contribution in [0.1, 0.15) is 33.1 Å². The molecule has 1 heterocycles. The third-order valence-corrected chi connectivity index (χ3v) is 4.07. The van der Waals surface area contributed by atoms with E-state index in [0.29, 0.717) is 4.75 Å². The van der Waals surface area contributed by atoms with Gasteiger partial charge in [0.05, 0.1) is 0 Å². The lowest BCUT2D eigenvalue weighted by Gasteiger charge is -2.25. The number of hydrogen-bond donors (Lipinski definition) is 0. The van der Waals surface area contributed by atoms with Gasteiger partial charge < -0.3 is 4.79 Å². The molecule has 1 atom stereocenters. The van der Waals surface area contributed by atoms with E-state index in [2.05, 4.69) is 13.8 Å². The summed E-state index contributed by atoms with van der Waals surface area (Å²) in [5.41, 5.74) is 0. The Morgan fingerprint density at radius 1 is 1.64 bits per heavy atom. The van der Waals surface area contributed by atoms with Crippen LogP contribution in [0.2, 0.25) is 0 Å². The molecule has 0 bridgehead atoms. The predicted octanol–water partition coefficient (Wildman–Crippen LogP) is 2.50. The highest BCUT2D eigenvalue weighted by Crippen LogP contribution is 2.44. The average Bonchev–Trinajstić information content (AvgIpc) is 2.25. The van der Waals surface area contributed by atoms with Crippen molar-refractivity contribution in [3.05, 3.63) is 0 Å². The van der Waals surface area contributed by atoms with Gasteiger partial charge in [0.2, 0.25) is 0 Å². The van der Waals surface area contributed by atoms with Crippen molar-refractivity contribution in [1.82, 2.24) is 0 Å². The molecule has 0 saturated carbocycles. The van der Waals surface area contributed by atoms with Crippen LogP contribution in [0.25, 0.3) is 0 Å². The molecule has 64 valence electrons. The van der Waals surface area contributed by atoms with Crippen molar-refractivity contribution >= 4 is 18.0 Å². The zero-order valence-corrected chi connectivity index (χ0v) is 8.12. The van der Waals surface area contributed by atoms with E-state index in [4.69, 9.17) is 0 Å². The van der Waals surface area contributed by atoms with E-state index in [-0.39, 0.29) is 0 Å². The van der Waals surface area contributed by atoms with Crippen LogP contribution in [0.5, 0.6) is 0 Å². The lowest BCUT2D eigenvalue weighted by molar-refractivity contribution is -0.108. The molecule has 0 N–H and O–H groups in total. The third kappa shape index (κ3) is 2.22. The summed E-state index contributed by atoms with van der Waals surface area (Å²) >= 11 is 2.04. The van der Waals surface area contributed by atoms with Crippen molar-refractivity contribution < 1.29 is 4.79 Å². The zero-order valence-electron chi connectivity index (χ0n) is 7.30. The molecular weight excluding hydrogens is 156 g/mol. The number of aldehydes is 1. The fraction of sp³-hybridized carbons (Fsp3) is 0.889. The molecule has 0 aromatic heterocycles. The second-order valence-corrected chi connectivity index (χ2v) is 5.43. The Kier molecular flexibility index (Phi) is 2.99. The number of carbonyl (C=O) groups is 1. The van der Waals surface area contributed by atoms with E-state index in [1.165, 1.54) is 12.2 Å². The van der Waals surface area contributed by atoms with Crippen LogP contribution < -0.4 is 0 Å². The third-order valence-electron chi connectivity index (χ3n) is 2.56. The van der Waals surface area contributed by atoms with E-state index in [1.807, 2.05) is 11.8 Å². The van der Waals surface area contributed by atoms with Gasteiger partial charge in [-0.25, -0.2) is 0 Å². The highest BCUT2D eigenvalue weighted by molar-refractivity contribution is 8.00. The highest BCUT2D eigenvalue weighted by atomic mass is 32.2. The Bertz CT molecular complexity index is 142. The van der Waals surface area contributed by atoms with Gasteiger partial charge in [0.1, 0.15) is 6.29 Å². The largest absolute Gasteiger partial charge is 0.303 e. The number of carbonyl (C=O) groups excluding carboxylic acids is 1. The second-order valence-electron chi connectivity index (χ2n) is 3.68. The van der Waals surface area contributed by atoms with Crippen LogP contribution >= 0.6 is 11.8 Å². The first kappa shape index (κ1) is 9.11. The van der Waals surface area contributed by atoms with Gasteiger partial charge in [0.25, 0.3) is 0 Å². The predicted molar refractivity (Wildman–Crippen MR) is 49.9 cm³/mol. The summed E-state index contributed by atoms with van der Waals surface area (Å²) in [7, 11) is 0. The topological polar surface area (TPSA) is 17.1 Å². The van der Waals surface area contributed by atoms with Crippen molar-refractivity contribution in [2.75, 3.05) is 5.75 Å². The van der Waals surface area contributed by atoms with E-state index in [9.17, 15) is 4.79 Å². The molecule has 0 radical (unpaired) electrons. The number of thioether (sulfide) groups is 1. The summed E-state index contributed by atoms with van der Waals surface area (Å²) in [5, 5.41) is 0. The van der Waals surface area contributed by atoms with Crippen LogP contribution in [-0.2, 0) is 4.79 Å². The summed E-state index contributed by atoms with van der Waals surface area (Å²) in [5.74, 6) is 2.04. The Hall–Kier alpha value is 0.0200. The van der Waals surface area contributed by atoms with Crippen LogP contribution in [0.4, 0.5) is 0 Å². The van der Waals surface area contributed by atoms with Gasteiger partial charge in [-0.3, -0.25) is 0 Å². The first-order valence-electron chi connectivity index (χ1n) is 4.24. The molecule has 0 aromatic carbocycles. The van der Waals surface area contributed by atoms with Gasteiger partial charge in [-0.1, -0.05) is 13.8 Å². The second kappa shape index (κ2) is 3.61. The Morgan fingerprint density at radius 3 is 2.82 bits per heavy atom. The van der Waals surface area contributed by atoms with Crippen molar-refractivity contribution in [1.29, 1.82) is 0 Å². The van der Waals surface area contributed by atoms with E-state index < -0.39 is 0 Å². The lowest BCUT2D eigenvalue weighted by Crippen LogP contribution is -2.21. The van der Waals surface area contributed by atoms with Crippen molar-refractivity contribution in [3.8, 4) is 0 Å². The Balaban J connectivity index is 2.38. The molecule has 1 nitrogen and oxygen atoms in total. The summed E-state index contributed by atoms with van der Waals surface area (Å²) in [4.78, 5) is 10.2. The van der Waals surface area contributed by atoms with Crippen molar-refractivity contribution in [2.45, 2.75) is 37.9 Å². The van der Waals surface area contributed by atoms with Gasteiger partial charge in [-0.05, 0) is 24.5 Å². The zero-order chi connectivity index (χ0) is 8.32. The van der Waals surface area contributed by atoms with Gasteiger partial charge >= 0.3 is 0 Å². The molecule has 2 heteroatoms. The smallest absolute Gasteiger partial charge is 0.120 e. The van der Waals surface area contributed by atoms with Gasteiger partial charge in [0.15, 0.2) is 0 Å².